The SMILES string of the molecule is O=C(CN1CCN(C23CC4CC(CC(C4)C2)C3)CC1)Nc1cccc([N+](=O)[O-])c1. The van der Waals surface area contributed by atoms with Gasteiger partial charge in [-0.05, 0) is 62.3 Å². The molecule has 0 atom stereocenters. The normalized spacial score (nSPS) is 34.3. The second-order valence-corrected chi connectivity index (χ2v) is 9.76. The van der Waals surface area contributed by atoms with E-state index in [1.165, 1.54) is 50.7 Å². The number of hydrogen-bond acceptors (Lipinski definition) is 5. The summed E-state index contributed by atoms with van der Waals surface area (Å²) in [5.41, 5.74) is 0.926. The molecule has 0 aromatic heterocycles. The molecule has 0 radical (unpaired) electrons. The molecule has 7 nitrogen and oxygen atoms in total. The van der Waals surface area contributed by atoms with Crippen molar-refractivity contribution in [2.75, 3.05) is 38.0 Å². The fourth-order valence-corrected chi connectivity index (χ4v) is 6.93. The maximum Gasteiger partial charge on any atom is 0.271 e. The monoisotopic (exact) mass is 398 g/mol. The highest BCUT2D eigenvalue weighted by atomic mass is 16.6. The zero-order chi connectivity index (χ0) is 20.0. The standard InChI is InChI=1S/C22H30N4O3/c27-21(23-19-2-1-3-20(11-19)26(28)29)15-24-4-6-25(7-5-24)22-12-16-8-17(13-22)10-18(9-16)14-22/h1-3,11,16-18H,4-10,12-15H2,(H,23,27). The van der Waals surface area contributed by atoms with Crippen LogP contribution in [-0.4, -0.2) is 58.9 Å². The van der Waals surface area contributed by atoms with Crippen LogP contribution in [0.15, 0.2) is 24.3 Å². The summed E-state index contributed by atoms with van der Waals surface area (Å²) in [6, 6.07) is 6.12. The molecule has 7 heteroatoms. The maximum atomic E-state index is 12.4. The van der Waals surface area contributed by atoms with Gasteiger partial charge in [0.15, 0.2) is 0 Å². The second-order valence-electron chi connectivity index (χ2n) is 9.76. The summed E-state index contributed by atoms with van der Waals surface area (Å²) in [6.45, 7) is 4.29. The van der Waals surface area contributed by atoms with Crippen LogP contribution in [0.5, 0.6) is 0 Å². The van der Waals surface area contributed by atoms with Gasteiger partial charge in [-0.25, -0.2) is 0 Å². The first kappa shape index (κ1) is 19.0. The third-order valence-corrected chi connectivity index (χ3v) is 7.76. The van der Waals surface area contributed by atoms with Crippen LogP contribution in [0, 0.1) is 27.9 Å². The minimum atomic E-state index is -0.445. The molecule has 4 bridgehead atoms. The van der Waals surface area contributed by atoms with E-state index in [2.05, 4.69) is 15.1 Å². The number of carbonyl (C=O) groups excluding carboxylic acids is 1. The van der Waals surface area contributed by atoms with Crippen LogP contribution in [0.25, 0.3) is 0 Å². The Morgan fingerprint density at radius 2 is 1.69 bits per heavy atom. The number of amides is 1. The Morgan fingerprint density at radius 3 is 2.28 bits per heavy atom. The molecule has 6 rings (SSSR count). The second kappa shape index (κ2) is 7.36. The molecule has 1 saturated heterocycles. The summed E-state index contributed by atoms with van der Waals surface area (Å²) in [6.07, 6.45) is 8.59. The number of benzene rings is 1. The van der Waals surface area contributed by atoms with Crippen LogP contribution in [-0.2, 0) is 4.79 Å². The van der Waals surface area contributed by atoms with E-state index in [9.17, 15) is 14.9 Å². The van der Waals surface area contributed by atoms with E-state index in [1.807, 2.05) is 0 Å². The lowest BCUT2D eigenvalue weighted by Gasteiger charge is -2.61. The van der Waals surface area contributed by atoms with Gasteiger partial charge in [0.05, 0.1) is 11.5 Å². The minimum absolute atomic E-state index is 0.00742. The van der Waals surface area contributed by atoms with Gasteiger partial charge in [-0.3, -0.25) is 24.7 Å². The van der Waals surface area contributed by atoms with E-state index in [-0.39, 0.29) is 11.6 Å². The summed E-state index contributed by atoms with van der Waals surface area (Å²) >= 11 is 0. The smallest absolute Gasteiger partial charge is 0.271 e. The molecule has 1 heterocycles. The minimum Gasteiger partial charge on any atom is -0.325 e. The van der Waals surface area contributed by atoms with Gasteiger partial charge in [0, 0.05) is 49.5 Å². The molecule has 0 spiro atoms. The van der Waals surface area contributed by atoms with E-state index in [0.717, 1.165) is 43.9 Å². The molecule has 5 aliphatic rings. The van der Waals surface area contributed by atoms with Crippen molar-refractivity contribution >= 4 is 17.3 Å². The molecule has 4 aliphatic carbocycles. The summed E-state index contributed by atoms with van der Waals surface area (Å²) in [7, 11) is 0. The number of anilines is 1. The Balaban J connectivity index is 1.14. The molecule has 1 amide bonds. The number of non-ortho nitro benzene ring substituents is 1. The van der Waals surface area contributed by atoms with Crippen LogP contribution in [0.3, 0.4) is 0 Å². The third-order valence-electron chi connectivity index (χ3n) is 7.76. The molecule has 156 valence electrons. The first-order chi connectivity index (χ1) is 14.0. The zero-order valence-corrected chi connectivity index (χ0v) is 16.9. The average molecular weight is 399 g/mol. The molecule has 1 aromatic carbocycles. The van der Waals surface area contributed by atoms with E-state index < -0.39 is 4.92 Å². The van der Waals surface area contributed by atoms with Crippen LogP contribution in [0.1, 0.15) is 38.5 Å². The lowest BCUT2D eigenvalue weighted by Crippen LogP contribution is -2.64. The van der Waals surface area contributed by atoms with E-state index >= 15 is 0 Å². The molecule has 1 aliphatic heterocycles. The maximum absolute atomic E-state index is 12.4. The first-order valence-electron chi connectivity index (χ1n) is 11.0. The summed E-state index contributed by atoms with van der Waals surface area (Å²) < 4.78 is 0. The van der Waals surface area contributed by atoms with Crippen molar-refractivity contribution in [3.8, 4) is 0 Å². The van der Waals surface area contributed by atoms with Crippen molar-refractivity contribution in [1.29, 1.82) is 0 Å². The van der Waals surface area contributed by atoms with Gasteiger partial charge in [0.1, 0.15) is 0 Å². The van der Waals surface area contributed by atoms with Gasteiger partial charge >= 0.3 is 0 Å². The first-order valence-corrected chi connectivity index (χ1v) is 11.0. The largest absolute Gasteiger partial charge is 0.325 e. The summed E-state index contributed by atoms with van der Waals surface area (Å²) in [5, 5.41) is 13.7. The molecule has 1 aromatic rings. The fourth-order valence-electron chi connectivity index (χ4n) is 6.93. The van der Waals surface area contributed by atoms with Gasteiger partial charge in [-0.15, -0.1) is 0 Å². The number of carbonyl (C=O) groups is 1. The lowest BCUT2D eigenvalue weighted by atomic mass is 9.52. The van der Waals surface area contributed by atoms with E-state index in [0.29, 0.717) is 17.8 Å². The molecule has 29 heavy (non-hydrogen) atoms. The van der Waals surface area contributed by atoms with Gasteiger partial charge in [0.2, 0.25) is 5.91 Å². The molecular weight excluding hydrogens is 368 g/mol. The van der Waals surface area contributed by atoms with E-state index in [1.54, 1.807) is 12.1 Å². The number of hydrogen-bond donors (Lipinski definition) is 1. The topological polar surface area (TPSA) is 78.7 Å². The van der Waals surface area contributed by atoms with Gasteiger partial charge in [-0.2, -0.15) is 0 Å². The van der Waals surface area contributed by atoms with Crippen LogP contribution in [0.4, 0.5) is 11.4 Å². The Morgan fingerprint density at radius 1 is 1.07 bits per heavy atom. The number of rotatable bonds is 5. The highest BCUT2D eigenvalue weighted by molar-refractivity contribution is 5.92. The van der Waals surface area contributed by atoms with Crippen LogP contribution < -0.4 is 5.32 Å². The van der Waals surface area contributed by atoms with Crippen molar-refractivity contribution in [3.05, 3.63) is 34.4 Å². The van der Waals surface area contributed by atoms with Crippen molar-refractivity contribution in [3.63, 3.8) is 0 Å². The van der Waals surface area contributed by atoms with Crippen molar-refractivity contribution in [2.24, 2.45) is 17.8 Å². The molecule has 4 saturated carbocycles. The molecular formula is C22H30N4O3. The Bertz CT molecular complexity index is 768. The predicted octanol–water partition coefficient (Wildman–Crippen LogP) is 3.12. The van der Waals surface area contributed by atoms with Crippen LogP contribution in [0.2, 0.25) is 0 Å². The average Bonchev–Trinajstić information content (AvgIpc) is 2.67. The Hall–Kier alpha value is -1.99. The van der Waals surface area contributed by atoms with Crippen LogP contribution >= 0.6 is 0 Å². The Labute approximate surface area is 171 Å². The highest BCUT2D eigenvalue weighted by Gasteiger charge is 2.53. The number of nitro groups is 1. The van der Waals surface area contributed by atoms with Gasteiger partial charge in [0.25, 0.3) is 5.69 Å². The number of nitrogens with zero attached hydrogens (tertiary/aromatic N) is 3. The predicted molar refractivity (Wildman–Crippen MR) is 111 cm³/mol. The quantitative estimate of drug-likeness (QED) is 0.609. The van der Waals surface area contributed by atoms with Gasteiger partial charge < -0.3 is 5.32 Å². The van der Waals surface area contributed by atoms with Gasteiger partial charge in [-0.1, -0.05) is 6.07 Å². The molecule has 0 unspecified atom stereocenters. The summed E-state index contributed by atoms with van der Waals surface area (Å²) in [4.78, 5) is 27.8. The molecule has 1 N–H and O–H groups in total. The van der Waals surface area contributed by atoms with E-state index in [4.69, 9.17) is 0 Å². The number of nitrogens with one attached hydrogen (secondary N) is 1. The van der Waals surface area contributed by atoms with Crippen molar-refractivity contribution in [2.45, 2.75) is 44.1 Å². The van der Waals surface area contributed by atoms with Crippen molar-refractivity contribution in [1.82, 2.24) is 9.80 Å². The highest BCUT2D eigenvalue weighted by Crippen LogP contribution is 2.57. The lowest BCUT2D eigenvalue weighted by molar-refractivity contribution is -0.384. The molecule has 5 fully saturated rings. The number of nitro benzene ring substituents is 1. The third kappa shape index (κ3) is 3.78. The fraction of sp³-hybridized carbons (Fsp3) is 0.682. The summed E-state index contributed by atoms with van der Waals surface area (Å²) in [5.74, 6) is 2.77. The zero-order valence-electron chi connectivity index (χ0n) is 16.9. The number of piperazine rings is 1. The van der Waals surface area contributed by atoms with Crippen molar-refractivity contribution < 1.29 is 9.72 Å². The Kier molecular flexibility index (Phi) is 4.82.